The summed E-state index contributed by atoms with van der Waals surface area (Å²) in [5.74, 6) is -1.93. The van der Waals surface area contributed by atoms with Crippen molar-refractivity contribution in [1.29, 1.82) is 0 Å². The van der Waals surface area contributed by atoms with Crippen molar-refractivity contribution < 1.29 is 27.1 Å². The molecular weight excluding hydrogens is 447 g/mol. The van der Waals surface area contributed by atoms with Crippen molar-refractivity contribution in [2.45, 2.75) is 10.1 Å². The van der Waals surface area contributed by atoms with Gasteiger partial charge in [-0.15, -0.1) is 0 Å². The van der Waals surface area contributed by atoms with Crippen molar-refractivity contribution in [3.05, 3.63) is 66.2 Å². The zero-order valence-corrected chi connectivity index (χ0v) is 17.7. The Morgan fingerprint density at radius 2 is 1.94 bits per heavy atom. The molecule has 0 aliphatic rings. The van der Waals surface area contributed by atoms with Gasteiger partial charge in [-0.05, 0) is 48.7 Å². The molecule has 12 heteroatoms. The minimum Gasteiger partial charge on any atom is -0.451 e. The number of thioether (sulfide) groups is 1. The van der Waals surface area contributed by atoms with E-state index in [2.05, 4.69) is 10.3 Å². The largest absolute Gasteiger partial charge is 0.451 e. The Balaban J connectivity index is 1.71. The minimum absolute atomic E-state index is 0.0555. The van der Waals surface area contributed by atoms with Crippen LogP contribution in [0.2, 0.25) is 0 Å². The van der Waals surface area contributed by atoms with E-state index in [0.717, 1.165) is 0 Å². The van der Waals surface area contributed by atoms with Crippen molar-refractivity contribution in [2.75, 3.05) is 18.2 Å². The van der Waals surface area contributed by atoms with Crippen LogP contribution >= 0.6 is 11.8 Å². The van der Waals surface area contributed by atoms with Crippen molar-refractivity contribution in [2.24, 2.45) is 5.14 Å². The van der Waals surface area contributed by atoms with Gasteiger partial charge in [0, 0.05) is 11.4 Å². The summed E-state index contributed by atoms with van der Waals surface area (Å²) in [4.78, 5) is 28.6. The number of ether oxygens (including phenoxy) is 1. The fraction of sp³-hybridized carbons (Fsp3) is 0.105. The van der Waals surface area contributed by atoms with Crippen LogP contribution < -0.4 is 10.5 Å². The maximum atomic E-state index is 13.2. The van der Waals surface area contributed by atoms with E-state index in [1.165, 1.54) is 71.1 Å². The van der Waals surface area contributed by atoms with Crippen LogP contribution in [0.25, 0.3) is 5.69 Å². The number of benzene rings is 2. The SMILES string of the molecule is CSc1ncc(C(=O)OCC(=O)Nc2cccc(S(N)(=O)=O)c2)n1-c1ccc(F)cc1. The van der Waals surface area contributed by atoms with Gasteiger partial charge in [0.25, 0.3) is 5.91 Å². The van der Waals surface area contributed by atoms with E-state index >= 15 is 0 Å². The molecule has 0 spiro atoms. The molecule has 3 N–H and O–H groups in total. The number of amides is 1. The van der Waals surface area contributed by atoms with Gasteiger partial charge in [0.15, 0.2) is 17.5 Å². The number of aromatic nitrogens is 2. The van der Waals surface area contributed by atoms with Gasteiger partial charge in [-0.25, -0.2) is 27.7 Å². The molecule has 1 aromatic heterocycles. The van der Waals surface area contributed by atoms with Crippen molar-refractivity contribution in [3.8, 4) is 5.69 Å². The van der Waals surface area contributed by atoms with E-state index < -0.39 is 34.3 Å². The van der Waals surface area contributed by atoms with Crippen LogP contribution in [0, 0.1) is 5.82 Å². The number of carbonyl (C=O) groups excluding carboxylic acids is 2. The maximum Gasteiger partial charge on any atom is 0.357 e. The number of hydrogen-bond acceptors (Lipinski definition) is 7. The molecule has 0 saturated heterocycles. The number of imidazole rings is 1. The molecule has 3 aromatic rings. The number of hydrogen-bond donors (Lipinski definition) is 2. The molecule has 0 radical (unpaired) electrons. The molecule has 2 aromatic carbocycles. The highest BCUT2D eigenvalue weighted by Crippen LogP contribution is 2.22. The van der Waals surface area contributed by atoms with E-state index in [-0.39, 0.29) is 16.3 Å². The first kappa shape index (κ1) is 22.5. The summed E-state index contributed by atoms with van der Waals surface area (Å²) in [5, 5.41) is 7.96. The summed E-state index contributed by atoms with van der Waals surface area (Å²) in [7, 11) is -3.93. The Labute approximate surface area is 181 Å². The predicted octanol–water partition coefficient (Wildman–Crippen LogP) is 2.18. The molecule has 9 nitrogen and oxygen atoms in total. The lowest BCUT2D eigenvalue weighted by molar-refractivity contribution is -0.119. The zero-order chi connectivity index (χ0) is 22.6. The minimum atomic E-state index is -3.93. The molecular formula is C19H17FN4O5S2. The van der Waals surface area contributed by atoms with Crippen LogP contribution in [0.1, 0.15) is 10.5 Å². The number of halogens is 1. The Hall–Kier alpha value is -3.22. The van der Waals surface area contributed by atoms with Gasteiger partial charge in [0.2, 0.25) is 10.0 Å². The number of rotatable bonds is 7. The highest BCUT2D eigenvalue weighted by Gasteiger charge is 2.20. The van der Waals surface area contributed by atoms with Gasteiger partial charge in [-0.1, -0.05) is 17.8 Å². The highest BCUT2D eigenvalue weighted by molar-refractivity contribution is 7.98. The molecule has 0 saturated carbocycles. The second kappa shape index (κ2) is 9.29. The normalized spacial score (nSPS) is 11.2. The average molecular weight is 465 g/mol. The van der Waals surface area contributed by atoms with Gasteiger partial charge in [0.1, 0.15) is 5.82 Å². The molecule has 31 heavy (non-hydrogen) atoms. The summed E-state index contributed by atoms with van der Waals surface area (Å²) < 4.78 is 42.6. The number of nitrogens with zero attached hydrogens (tertiary/aromatic N) is 2. The highest BCUT2D eigenvalue weighted by atomic mass is 32.2. The maximum absolute atomic E-state index is 13.2. The van der Waals surface area contributed by atoms with Gasteiger partial charge >= 0.3 is 5.97 Å². The van der Waals surface area contributed by atoms with E-state index in [0.29, 0.717) is 10.8 Å². The van der Waals surface area contributed by atoms with Gasteiger partial charge in [-0.2, -0.15) is 0 Å². The first-order chi connectivity index (χ1) is 14.7. The summed E-state index contributed by atoms with van der Waals surface area (Å²) >= 11 is 1.27. The number of nitrogens with one attached hydrogen (secondary N) is 1. The summed E-state index contributed by atoms with van der Waals surface area (Å²) in [6.07, 6.45) is 3.06. The lowest BCUT2D eigenvalue weighted by Gasteiger charge is -2.11. The van der Waals surface area contributed by atoms with Crippen molar-refractivity contribution in [1.82, 2.24) is 9.55 Å². The summed E-state index contributed by atoms with van der Waals surface area (Å²) in [6, 6.07) is 10.8. The summed E-state index contributed by atoms with van der Waals surface area (Å²) in [5.41, 5.74) is 0.730. The topological polar surface area (TPSA) is 133 Å². The van der Waals surface area contributed by atoms with Crippen LogP contribution in [-0.2, 0) is 19.6 Å². The van der Waals surface area contributed by atoms with E-state index in [4.69, 9.17) is 9.88 Å². The quantitative estimate of drug-likeness (QED) is 0.404. The third-order valence-electron chi connectivity index (χ3n) is 3.99. The predicted molar refractivity (Wildman–Crippen MR) is 112 cm³/mol. The number of anilines is 1. The molecule has 162 valence electrons. The zero-order valence-electron chi connectivity index (χ0n) is 16.1. The smallest absolute Gasteiger partial charge is 0.357 e. The molecule has 0 bridgehead atoms. The molecule has 0 fully saturated rings. The molecule has 1 heterocycles. The Bertz CT molecular complexity index is 1230. The molecule has 0 unspecified atom stereocenters. The lowest BCUT2D eigenvalue weighted by Crippen LogP contribution is -2.22. The Morgan fingerprint density at radius 1 is 1.23 bits per heavy atom. The number of carbonyl (C=O) groups is 2. The second-order valence-corrected chi connectivity index (χ2v) is 8.47. The number of sulfonamides is 1. The fourth-order valence-electron chi connectivity index (χ4n) is 2.62. The molecule has 3 rings (SSSR count). The van der Waals surface area contributed by atoms with Gasteiger partial charge in [0.05, 0.1) is 11.1 Å². The van der Waals surface area contributed by atoms with Gasteiger partial charge in [-0.3, -0.25) is 9.36 Å². The molecule has 0 aliphatic heterocycles. The summed E-state index contributed by atoms with van der Waals surface area (Å²) in [6.45, 7) is -0.623. The Morgan fingerprint density at radius 3 is 2.58 bits per heavy atom. The number of esters is 1. The monoisotopic (exact) mass is 464 g/mol. The Kier molecular flexibility index (Phi) is 6.73. The van der Waals surface area contributed by atoms with Crippen LogP contribution in [0.15, 0.2) is 64.8 Å². The third-order valence-corrected chi connectivity index (χ3v) is 5.55. The van der Waals surface area contributed by atoms with Gasteiger partial charge < -0.3 is 10.1 Å². The van der Waals surface area contributed by atoms with E-state index in [9.17, 15) is 22.4 Å². The van der Waals surface area contributed by atoms with Crippen LogP contribution in [0.3, 0.4) is 0 Å². The average Bonchev–Trinajstić information content (AvgIpc) is 3.16. The third kappa shape index (κ3) is 5.48. The van der Waals surface area contributed by atoms with Crippen LogP contribution in [-0.4, -0.2) is 42.7 Å². The van der Waals surface area contributed by atoms with Crippen LogP contribution in [0.5, 0.6) is 0 Å². The second-order valence-electron chi connectivity index (χ2n) is 6.14. The number of primary sulfonamides is 1. The number of nitrogens with two attached hydrogens (primary N) is 1. The first-order valence-electron chi connectivity index (χ1n) is 8.66. The first-order valence-corrected chi connectivity index (χ1v) is 11.4. The van der Waals surface area contributed by atoms with E-state index in [1.807, 2.05) is 0 Å². The van der Waals surface area contributed by atoms with Crippen molar-refractivity contribution in [3.63, 3.8) is 0 Å². The molecule has 1 amide bonds. The van der Waals surface area contributed by atoms with E-state index in [1.54, 1.807) is 6.26 Å². The fourth-order valence-corrected chi connectivity index (χ4v) is 3.72. The molecule has 0 aliphatic carbocycles. The van der Waals surface area contributed by atoms with Crippen molar-refractivity contribution >= 4 is 39.3 Å². The lowest BCUT2D eigenvalue weighted by atomic mass is 10.3. The molecule has 0 atom stereocenters. The van der Waals surface area contributed by atoms with Crippen LogP contribution in [0.4, 0.5) is 10.1 Å². The standard InChI is InChI=1S/C19H17FN4O5S2/c1-30-19-22-10-16(24(19)14-7-5-12(20)6-8-14)18(26)29-11-17(25)23-13-3-2-4-15(9-13)31(21,27)28/h2-10H,11H2,1H3,(H,23,25)(H2,21,27,28).